The summed E-state index contributed by atoms with van der Waals surface area (Å²) < 4.78 is 0.766. The number of thiazole rings is 1. The van der Waals surface area contributed by atoms with E-state index in [0.717, 1.165) is 16.0 Å². The van der Waals surface area contributed by atoms with Crippen molar-refractivity contribution in [2.75, 3.05) is 5.32 Å². The normalized spacial score (nSPS) is 9.72. The van der Waals surface area contributed by atoms with E-state index in [1.165, 1.54) is 29.7 Å². The number of thiocyanates is 1. The predicted octanol–water partition coefficient (Wildman–Crippen LogP) is 2.76. The Balaban J connectivity index is 2.08. The Bertz CT molecular complexity index is 604. The molecule has 0 aliphatic carbocycles. The van der Waals surface area contributed by atoms with E-state index in [0.29, 0.717) is 10.9 Å². The van der Waals surface area contributed by atoms with Gasteiger partial charge >= 0.3 is 0 Å². The van der Waals surface area contributed by atoms with Gasteiger partial charge in [-0.1, -0.05) is 11.3 Å². The molecule has 0 saturated heterocycles. The maximum absolute atomic E-state index is 10.4. The van der Waals surface area contributed by atoms with E-state index < -0.39 is 4.92 Å². The molecule has 0 aromatic carbocycles. The van der Waals surface area contributed by atoms with Crippen LogP contribution in [0.5, 0.6) is 0 Å². The lowest BCUT2D eigenvalue weighted by Crippen LogP contribution is -1.94. The molecule has 18 heavy (non-hydrogen) atoms. The smallest absolute Gasteiger partial charge is 0.287 e. The van der Waals surface area contributed by atoms with Crippen LogP contribution in [0.2, 0.25) is 0 Å². The molecular weight excluding hydrogens is 274 g/mol. The van der Waals surface area contributed by atoms with E-state index in [1.54, 1.807) is 6.20 Å². The van der Waals surface area contributed by atoms with Gasteiger partial charge in [0.25, 0.3) is 5.69 Å². The minimum Gasteiger partial charge on any atom is -0.316 e. The highest BCUT2D eigenvalue weighted by Gasteiger charge is 2.07. The van der Waals surface area contributed by atoms with Gasteiger partial charge in [0.1, 0.15) is 17.4 Å². The minimum absolute atomic E-state index is 0.0691. The summed E-state index contributed by atoms with van der Waals surface area (Å²) in [5, 5.41) is 24.4. The summed E-state index contributed by atoms with van der Waals surface area (Å²) in [5.41, 5.74) is -0.0691. The quantitative estimate of drug-likeness (QED) is 0.397. The third-order valence-electron chi connectivity index (χ3n) is 1.82. The highest BCUT2D eigenvalue weighted by molar-refractivity contribution is 8.05. The molecule has 0 radical (unpaired) electrons. The van der Waals surface area contributed by atoms with Crippen molar-refractivity contribution < 1.29 is 4.92 Å². The van der Waals surface area contributed by atoms with Crippen molar-refractivity contribution in [3.63, 3.8) is 0 Å². The third kappa shape index (κ3) is 2.93. The van der Waals surface area contributed by atoms with E-state index in [1.807, 2.05) is 5.40 Å². The molecule has 9 heteroatoms. The Morgan fingerprint density at radius 2 is 2.28 bits per heavy atom. The number of pyridine rings is 1. The molecule has 2 heterocycles. The molecule has 0 amide bonds. The summed E-state index contributed by atoms with van der Waals surface area (Å²) in [7, 11) is 0. The zero-order chi connectivity index (χ0) is 13.0. The summed E-state index contributed by atoms with van der Waals surface area (Å²) in [6.45, 7) is 0. The number of hydrogen-bond donors (Lipinski definition) is 1. The fraction of sp³-hybridized carbons (Fsp3) is 0. The number of nitrogens with zero attached hydrogens (tertiary/aromatic N) is 4. The van der Waals surface area contributed by atoms with Crippen LogP contribution in [0.4, 0.5) is 16.6 Å². The third-order valence-corrected chi connectivity index (χ3v) is 3.43. The summed E-state index contributed by atoms with van der Waals surface area (Å²) >= 11 is 2.33. The van der Waals surface area contributed by atoms with Gasteiger partial charge in [-0.05, 0) is 6.07 Å². The topological polar surface area (TPSA) is 105 Å². The van der Waals surface area contributed by atoms with Crippen LogP contribution in [0, 0.1) is 20.8 Å². The number of aromatic nitrogens is 2. The van der Waals surface area contributed by atoms with Crippen LogP contribution in [0.15, 0.2) is 28.7 Å². The molecule has 2 rings (SSSR count). The van der Waals surface area contributed by atoms with Crippen LogP contribution < -0.4 is 5.32 Å². The second-order valence-electron chi connectivity index (χ2n) is 2.96. The first kappa shape index (κ1) is 12.3. The molecule has 0 unspecified atom stereocenters. The standard InChI is InChI=1S/C9H5N5O2S2/c10-5-17-8-4-12-9(18-8)13-7-2-1-6(3-11-7)14(15)16/h1-4H,(H,11,12,13). The molecule has 1 N–H and O–H groups in total. The van der Waals surface area contributed by atoms with Gasteiger partial charge in [-0.2, -0.15) is 5.26 Å². The Morgan fingerprint density at radius 3 is 2.89 bits per heavy atom. The minimum atomic E-state index is -0.512. The molecule has 90 valence electrons. The van der Waals surface area contributed by atoms with E-state index in [2.05, 4.69) is 15.3 Å². The molecule has 0 aliphatic heterocycles. The molecule has 0 spiro atoms. The number of hydrogen-bond acceptors (Lipinski definition) is 8. The number of nitro groups is 1. The first-order valence-corrected chi connectivity index (χ1v) is 6.21. The lowest BCUT2D eigenvalue weighted by Gasteiger charge is -1.99. The van der Waals surface area contributed by atoms with Gasteiger partial charge in [-0.3, -0.25) is 10.1 Å². The maximum atomic E-state index is 10.4. The lowest BCUT2D eigenvalue weighted by atomic mass is 10.4. The Morgan fingerprint density at radius 1 is 1.44 bits per heavy atom. The predicted molar refractivity (Wildman–Crippen MR) is 67.8 cm³/mol. The summed E-state index contributed by atoms with van der Waals surface area (Å²) in [4.78, 5) is 17.9. The van der Waals surface area contributed by atoms with Crippen LogP contribution in [-0.2, 0) is 0 Å². The van der Waals surface area contributed by atoms with Crippen LogP contribution in [0.25, 0.3) is 0 Å². The van der Waals surface area contributed by atoms with E-state index in [4.69, 9.17) is 5.26 Å². The molecule has 0 atom stereocenters. The Kier molecular flexibility index (Phi) is 3.71. The van der Waals surface area contributed by atoms with Crippen molar-refractivity contribution in [1.82, 2.24) is 9.97 Å². The molecule has 0 fully saturated rings. The molecule has 0 bridgehead atoms. The number of thioether (sulfide) groups is 1. The molecule has 0 saturated carbocycles. The summed E-state index contributed by atoms with van der Waals surface area (Å²) in [6.07, 6.45) is 2.74. The zero-order valence-electron chi connectivity index (χ0n) is 8.73. The molecule has 2 aromatic rings. The van der Waals surface area contributed by atoms with Crippen LogP contribution >= 0.6 is 23.1 Å². The van der Waals surface area contributed by atoms with Crippen LogP contribution in [-0.4, -0.2) is 14.9 Å². The first-order chi connectivity index (χ1) is 8.69. The SMILES string of the molecule is N#CSc1cnc(Nc2ccc([N+](=O)[O-])cn2)s1. The van der Waals surface area contributed by atoms with E-state index >= 15 is 0 Å². The number of nitrogens with one attached hydrogen (secondary N) is 1. The largest absolute Gasteiger partial charge is 0.316 e. The highest BCUT2D eigenvalue weighted by Crippen LogP contribution is 2.28. The Hall–Kier alpha value is -2.18. The van der Waals surface area contributed by atoms with Gasteiger partial charge in [0, 0.05) is 17.8 Å². The number of rotatable bonds is 4. The van der Waals surface area contributed by atoms with Gasteiger partial charge in [0.15, 0.2) is 5.13 Å². The second-order valence-corrected chi connectivity index (χ2v) is 5.08. The average molecular weight is 279 g/mol. The van der Waals surface area contributed by atoms with Crippen molar-refractivity contribution in [1.29, 1.82) is 5.26 Å². The molecule has 2 aromatic heterocycles. The summed E-state index contributed by atoms with van der Waals surface area (Å²) in [5.74, 6) is 0.462. The molecule has 7 nitrogen and oxygen atoms in total. The summed E-state index contributed by atoms with van der Waals surface area (Å²) in [6, 6.07) is 2.85. The van der Waals surface area contributed by atoms with E-state index in [9.17, 15) is 10.1 Å². The second kappa shape index (κ2) is 5.44. The van der Waals surface area contributed by atoms with Gasteiger partial charge < -0.3 is 5.32 Å². The van der Waals surface area contributed by atoms with Crippen molar-refractivity contribution in [3.05, 3.63) is 34.6 Å². The van der Waals surface area contributed by atoms with Crippen molar-refractivity contribution >= 4 is 39.7 Å². The van der Waals surface area contributed by atoms with Crippen molar-refractivity contribution in [3.8, 4) is 5.40 Å². The van der Waals surface area contributed by atoms with Gasteiger partial charge in [-0.25, -0.2) is 9.97 Å². The van der Waals surface area contributed by atoms with Gasteiger partial charge in [0.2, 0.25) is 0 Å². The lowest BCUT2D eigenvalue weighted by molar-refractivity contribution is -0.385. The maximum Gasteiger partial charge on any atom is 0.287 e. The van der Waals surface area contributed by atoms with Crippen molar-refractivity contribution in [2.24, 2.45) is 0 Å². The zero-order valence-corrected chi connectivity index (χ0v) is 10.4. The highest BCUT2D eigenvalue weighted by atomic mass is 32.2. The molecule has 0 aliphatic rings. The van der Waals surface area contributed by atoms with Crippen LogP contribution in [0.3, 0.4) is 0 Å². The fourth-order valence-electron chi connectivity index (χ4n) is 1.09. The number of nitriles is 1. The Labute approximate surface area is 110 Å². The number of anilines is 2. The average Bonchev–Trinajstić information content (AvgIpc) is 2.78. The molecular formula is C9H5N5O2S2. The van der Waals surface area contributed by atoms with E-state index in [-0.39, 0.29) is 5.69 Å². The monoisotopic (exact) mass is 279 g/mol. The van der Waals surface area contributed by atoms with Crippen molar-refractivity contribution in [2.45, 2.75) is 4.21 Å². The van der Waals surface area contributed by atoms with Gasteiger partial charge in [0.05, 0.1) is 15.3 Å². The fourth-order valence-corrected chi connectivity index (χ4v) is 2.35. The first-order valence-electron chi connectivity index (χ1n) is 4.58. The van der Waals surface area contributed by atoms with Crippen LogP contribution in [0.1, 0.15) is 0 Å². The van der Waals surface area contributed by atoms with Gasteiger partial charge in [-0.15, -0.1) is 0 Å².